The highest BCUT2D eigenvalue weighted by atomic mass is 35.7. The number of benzene rings is 1. The highest BCUT2D eigenvalue weighted by Gasteiger charge is 2.24. The number of ether oxygens (including phenoxy) is 1. The van der Waals surface area contributed by atoms with Crippen molar-refractivity contribution in [3.63, 3.8) is 0 Å². The van der Waals surface area contributed by atoms with Crippen LogP contribution in [-0.2, 0) is 31.4 Å². The zero-order valence-corrected chi connectivity index (χ0v) is 14.3. The van der Waals surface area contributed by atoms with Crippen LogP contribution < -0.4 is 5.32 Å². The SMILES string of the molecule is CCOC(=O)CCc1cc2c(c(S(=O)(=O)Cl)c1)NCC(C)C2. The van der Waals surface area contributed by atoms with Crippen molar-refractivity contribution in [2.45, 2.75) is 38.0 Å². The Hall–Kier alpha value is -1.27. The van der Waals surface area contributed by atoms with Crippen LogP contribution in [0.4, 0.5) is 5.69 Å². The first-order chi connectivity index (χ1) is 10.3. The number of halogens is 1. The number of fused-ring (bicyclic) bond motifs is 1. The van der Waals surface area contributed by atoms with Crippen LogP contribution in [-0.4, -0.2) is 27.5 Å². The summed E-state index contributed by atoms with van der Waals surface area (Å²) < 4.78 is 28.5. The Morgan fingerprint density at radius 2 is 2.18 bits per heavy atom. The second kappa shape index (κ2) is 6.87. The molecule has 0 aromatic heterocycles. The second-order valence-electron chi connectivity index (χ2n) is 5.56. The molecule has 1 heterocycles. The fraction of sp³-hybridized carbons (Fsp3) is 0.533. The van der Waals surface area contributed by atoms with Gasteiger partial charge in [0.15, 0.2) is 0 Å². The van der Waals surface area contributed by atoms with Gasteiger partial charge in [0.2, 0.25) is 0 Å². The van der Waals surface area contributed by atoms with E-state index < -0.39 is 9.05 Å². The lowest BCUT2D eigenvalue weighted by Gasteiger charge is -2.25. The summed E-state index contributed by atoms with van der Waals surface area (Å²) >= 11 is 0. The van der Waals surface area contributed by atoms with Crippen LogP contribution in [0.15, 0.2) is 17.0 Å². The van der Waals surface area contributed by atoms with E-state index in [2.05, 4.69) is 12.2 Å². The van der Waals surface area contributed by atoms with Crippen LogP contribution in [0.1, 0.15) is 31.4 Å². The summed E-state index contributed by atoms with van der Waals surface area (Å²) in [5, 5.41) is 3.14. The number of anilines is 1. The summed E-state index contributed by atoms with van der Waals surface area (Å²) in [6.07, 6.45) is 1.44. The minimum absolute atomic E-state index is 0.0948. The first-order valence-corrected chi connectivity index (χ1v) is 9.62. The molecule has 0 saturated heterocycles. The molecule has 7 heteroatoms. The van der Waals surface area contributed by atoms with Crippen LogP contribution in [0, 0.1) is 5.92 Å². The van der Waals surface area contributed by atoms with Crippen LogP contribution in [0.25, 0.3) is 0 Å². The van der Waals surface area contributed by atoms with Crippen molar-refractivity contribution in [1.29, 1.82) is 0 Å². The molecule has 1 aromatic rings. The van der Waals surface area contributed by atoms with Gasteiger partial charge in [-0.05, 0) is 42.9 Å². The summed E-state index contributed by atoms with van der Waals surface area (Å²) in [6.45, 7) is 4.90. The van der Waals surface area contributed by atoms with E-state index in [0.29, 0.717) is 31.2 Å². The van der Waals surface area contributed by atoms with Gasteiger partial charge in [0, 0.05) is 23.6 Å². The molecule has 1 atom stereocenters. The van der Waals surface area contributed by atoms with Gasteiger partial charge < -0.3 is 10.1 Å². The Labute approximate surface area is 135 Å². The average Bonchev–Trinajstić information content (AvgIpc) is 2.43. The number of carbonyl (C=O) groups is 1. The number of aryl methyl sites for hydroxylation is 1. The lowest BCUT2D eigenvalue weighted by Crippen LogP contribution is -2.22. The number of rotatable bonds is 5. The van der Waals surface area contributed by atoms with Gasteiger partial charge >= 0.3 is 5.97 Å². The molecule has 22 heavy (non-hydrogen) atoms. The zero-order valence-electron chi connectivity index (χ0n) is 12.7. The monoisotopic (exact) mass is 345 g/mol. The van der Waals surface area contributed by atoms with Crippen molar-refractivity contribution in [1.82, 2.24) is 0 Å². The maximum atomic E-state index is 11.8. The minimum Gasteiger partial charge on any atom is -0.466 e. The highest BCUT2D eigenvalue weighted by molar-refractivity contribution is 8.13. The molecule has 1 aromatic carbocycles. The maximum Gasteiger partial charge on any atom is 0.306 e. The summed E-state index contributed by atoms with van der Waals surface area (Å²) in [5.41, 5.74) is 2.30. The van der Waals surface area contributed by atoms with Crippen molar-refractivity contribution < 1.29 is 17.9 Å². The molecule has 122 valence electrons. The first-order valence-electron chi connectivity index (χ1n) is 7.31. The second-order valence-corrected chi connectivity index (χ2v) is 8.10. The highest BCUT2D eigenvalue weighted by Crippen LogP contribution is 2.34. The molecule has 2 rings (SSSR count). The molecule has 0 saturated carbocycles. The molecule has 1 unspecified atom stereocenters. The predicted octanol–water partition coefficient (Wildman–Crippen LogP) is 2.71. The van der Waals surface area contributed by atoms with Crippen LogP contribution in [0.3, 0.4) is 0 Å². The van der Waals surface area contributed by atoms with Gasteiger partial charge in [-0.1, -0.05) is 13.0 Å². The van der Waals surface area contributed by atoms with Crippen molar-refractivity contribution in [2.24, 2.45) is 5.92 Å². The van der Waals surface area contributed by atoms with Crippen LogP contribution >= 0.6 is 10.7 Å². The zero-order chi connectivity index (χ0) is 16.3. The Morgan fingerprint density at radius 1 is 1.45 bits per heavy atom. The van der Waals surface area contributed by atoms with Gasteiger partial charge in [0.05, 0.1) is 12.3 Å². The number of carbonyl (C=O) groups excluding carboxylic acids is 1. The van der Waals surface area contributed by atoms with E-state index in [4.69, 9.17) is 15.4 Å². The van der Waals surface area contributed by atoms with Crippen molar-refractivity contribution in [2.75, 3.05) is 18.5 Å². The van der Waals surface area contributed by atoms with Gasteiger partial charge in [-0.3, -0.25) is 4.79 Å². The van der Waals surface area contributed by atoms with Crippen LogP contribution in [0.2, 0.25) is 0 Å². The molecule has 0 radical (unpaired) electrons. The molecule has 5 nitrogen and oxygen atoms in total. The van der Waals surface area contributed by atoms with Gasteiger partial charge in [-0.25, -0.2) is 8.42 Å². The van der Waals surface area contributed by atoms with Crippen molar-refractivity contribution in [3.05, 3.63) is 23.3 Å². The topological polar surface area (TPSA) is 72.5 Å². The molecule has 0 amide bonds. The van der Waals surface area contributed by atoms with Crippen molar-refractivity contribution >= 4 is 31.4 Å². The number of esters is 1. The van der Waals surface area contributed by atoms with E-state index in [9.17, 15) is 13.2 Å². The van der Waals surface area contributed by atoms with E-state index >= 15 is 0 Å². The molecule has 0 aliphatic carbocycles. The molecule has 0 spiro atoms. The van der Waals surface area contributed by atoms with Crippen LogP contribution in [0.5, 0.6) is 0 Å². The molecular weight excluding hydrogens is 326 g/mol. The largest absolute Gasteiger partial charge is 0.466 e. The standard InChI is InChI=1S/C15H20ClNO4S/c1-3-21-14(18)5-4-11-7-12-6-10(2)9-17-15(12)13(8-11)22(16,19)20/h7-8,10,17H,3-6,9H2,1-2H3. The third-order valence-corrected chi connectivity index (χ3v) is 4.97. The van der Waals surface area contributed by atoms with Gasteiger partial charge in [0.25, 0.3) is 9.05 Å². The first kappa shape index (κ1) is 17.1. The normalized spacial score (nSPS) is 17.5. The van der Waals surface area contributed by atoms with E-state index in [1.807, 2.05) is 6.07 Å². The third kappa shape index (κ3) is 4.14. The number of hydrogen-bond acceptors (Lipinski definition) is 5. The quantitative estimate of drug-likeness (QED) is 0.656. The smallest absolute Gasteiger partial charge is 0.306 e. The average molecular weight is 346 g/mol. The van der Waals surface area contributed by atoms with E-state index in [1.165, 1.54) is 0 Å². The fourth-order valence-corrected chi connectivity index (χ4v) is 3.74. The van der Waals surface area contributed by atoms with Gasteiger partial charge in [0.1, 0.15) is 4.90 Å². The summed E-state index contributed by atoms with van der Waals surface area (Å²) in [5.74, 6) is 0.126. The lowest BCUT2D eigenvalue weighted by molar-refractivity contribution is -0.143. The molecule has 1 N–H and O–H groups in total. The van der Waals surface area contributed by atoms with Gasteiger partial charge in [-0.2, -0.15) is 0 Å². The maximum absolute atomic E-state index is 11.8. The van der Waals surface area contributed by atoms with E-state index in [0.717, 1.165) is 17.5 Å². The number of hydrogen-bond donors (Lipinski definition) is 1. The molecule has 0 fully saturated rings. The Balaban J connectivity index is 2.32. The summed E-state index contributed by atoms with van der Waals surface area (Å²) in [6, 6.07) is 3.49. The number of nitrogens with one attached hydrogen (secondary N) is 1. The third-order valence-electron chi connectivity index (χ3n) is 3.63. The lowest BCUT2D eigenvalue weighted by atomic mass is 9.93. The Morgan fingerprint density at radius 3 is 2.82 bits per heavy atom. The molecule has 0 bridgehead atoms. The Bertz CT molecular complexity index is 672. The summed E-state index contributed by atoms with van der Waals surface area (Å²) in [7, 11) is 1.72. The summed E-state index contributed by atoms with van der Waals surface area (Å²) in [4.78, 5) is 11.6. The molecule has 1 aliphatic rings. The molecular formula is C15H20ClNO4S. The van der Waals surface area contributed by atoms with E-state index in [-0.39, 0.29) is 17.3 Å². The van der Waals surface area contributed by atoms with Crippen molar-refractivity contribution in [3.8, 4) is 0 Å². The van der Waals surface area contributed by atoms with E-state index in [1.54, 1.807) is 13.0 Å². The predicted molar refractivity (Wildman–Crippen MR) is 85.8 cm³/mol. The Kier molecular flexibility index (Phi) is 5.34. The fourth-order valence-electron chi connectivity index (χ4n) is 2.64. The molecule has 1 aliphatic heterocycles. The minimum atomic E-state index is -3.84. The van der Waals surface area contributed by atoms with Gasteiger partial charge in [-0.15, -0.1) is 0 Å².